The van der Waals surface area contributed by atoms with Crippen molar-refractivity contribution in [3.05, 3.63) is 30.5 Å². The smallest absolute Gasteiger partial charge is 0.325 e. The standard InChI is InChI=1S/C17H23NO3/c1-3-5-12-21-17(19)13-18-10-9-14-15(18)7-6-8-16(14)20-11-4-2/h6-10H,3-5,11-13H2,1-2H3. The summed E-state index contributed by atoms with van der Waals surface area (Å²) in [5.74, 6) is 0.674. The predicted octanol–water partition coefficient (Wildman–Crippen LogP) is 3.77. The molecule has 4 heteroatoms. The maximum Gasteiger partial charge on any atom is 0.325 e. The summed E-state index contributed by atoms with van der Waals surface area (Å²) in [6.45, 7) is 5.59. The molecule has 0 aliphatic rings. The molecule has 2 aromatic rings. The first-order valence-corrected chi connectivity index (χ1v) is 7.62. The Morgan fingerprint density at radius 1 is 1.14 bits per heavy atom. The van der Waals surface area contributed by atoms with E-state index in [4.69, 9.17) is 9.47 Å². The minimum atomic E-state index is -0.194. The molecule has 1 aromatic carbocycles. The number of fused-ring (bicyclic) bond motifs is 1. The van der Waals surface area contributed by atoms with Crippen molar-refractivity contribution in [3.8, 4) is 5.75 Å². The van der Waals surface area contributed by atoms with E-state index in [-0.39, 0.29) is 12.5 Å². The molecule has 0 unspecified atom stereocenters. The Kier molecular flexibility index (Phi) is 5.67. The van der Waals surface area contributed by atoms with Crippen molar-refractivity contribution < 1.29 is 14.3 Å². The van der Waals surface area contributed by atoms with E-state index in [0.29, 0.717) is 13.2 Å². The monoisotopic (exact) mass is 289 g/mol. The van der Waals surface area contributed by atoms with E-state index < -0.39 is 0 Å². The van der Waals surface area contributed by atoms with Crippen LogP contribution in [-0.2, 0) is 16.1 Å². The van der Waals surface area contributed by atoms with Gasteiger partial charge in [-0.15, -0.1) is 0 Å². The lowest BCUT2D eigenvalue weighted by Gasteiger charge is -2.08. The summed E-state index contributed by atoms with van der Waals surface area (Å²) in [5, 5.41) is 1.03. The molecule has 0 saturated carbocycles. The van der Waals surface area contributed by atoms with Gasteiger partial charge in [0.2, 0.25) is 0 Å². The van der Waals surface area contributed by atoms with Gasteiger partial charge < -0.3 is 14.0 Å². The predicted molar refractivity (Wildman–Crippen MR) is 83.6 cm³/mol. The van der Waals surface area contributed by atoms with E-state index in [0.717, 1.165) is 35.9 Å². The Labute approximate surface area is 125 Å². The number of rotatable bonds is 8. The highest BCUT2D eigenvalue weighted by molar-refractivity contribution is 5.87. The third kappa shape index (κ3) is 4.00. The maximum atomic E-state index is 11.8. The summed E-state index contributed by atoms with van der Waals surface area (Å²) < 4.78 is 12.9. The van der Waals surface area contributed by atoms with Crippen LogP contribution in [0.25, 0.3) is 10.9 Å². The molecule has 0 bridgehead atoms. The fourth-order valence-corrected chi connectivity index (χ4v) is 2.19. The van der Waals surface area contributed by atoms with Gasteiger partial charge in [-0.2, -0.15) is 0 Å². The van der Waals surface area contributed by atoms with Crippen LogP contribution < -0.4 is 4.74 Å². The first-order chi connectivity index (χ1) is 10.3. The number of carbonyl (C=O) groups excluding carboxylic acids is 1. The molecular weight excluding hydrogens is 266 g/mol. The van der Waals surface area contributed by atoms with Crippen molar-refractivity contribution in [3.63, 3.8) is 0 Å². The number of benzene rings is 1. The van der Waals surface area contributed by atoms with Gasteiger partial charge in [0.05, 0.1) is 18.7 Å². The Bertz CT molecular complexity index is 589. The van der Waals surface area contributed by atoms with Gasteiger partial charge in [-0.1, -0.05) is 26.3 Å². The van der Waals surface area contributed by atoms with Gasteiger partial charge in [0, 0.05) is 11.6 Å². The van der Waals surface area contributed by atoms with E-state index in [1.165, 1.54) is 0 Å². The molecule has 114 valence electrons. The molecule has 2 rings (SSSR count). The Hall–Kier alpha value is -1.97. The summed E-state index contributed by atoms with van der Waals surface area (Å²) in [4.78, 5) is 11.8. The second-order valence-corrected chi connectivity index (χ2v) is 5.06. The zero-order valence-electron chi connectivity index (χ0n) is 12.8. The van der Waals surface area contributed by atoms with Gasteiger partial charge in [0.25, 0.3) is 0 Å². The lowest BCUT2D eigenvalue weighted by molar-refractivity contribution is -0.144. The molecule has 0 N–H and O–H groups in total. The van der Waals surface area contributed by atoms with Gasteiger partial charge >= 0.3 is 5.97 Å². The second-order valence-electron chi connectivity index (χ2n) is 5.06. The van der Waals surface area contributed by atoms with Crippen LogP contribution in [0.15, 0.2) is 30.5 Å². The van der Waals surface area contributed by atoms with Crippen LogP contribution in [0.1, 0.15) is 33.1 Å². The van der Waals surface area contributed by atoms with E-state index >= 15 is 0 Å². The van der Waals surface area contributed by atoms with E-state index in [2.05, 4.69) is 13.8 Å². The van der Waals surface area contributed by atoms with Crippen molar-refractivity contribution in [2.45, 2.75) is 39.7 Å². The van der Waals surface area contributed by atoms with Gasteiger partial charge in [-0.3, -0.25) is 4.79 Å². The number of esters is 1. The molecule has 0 saturated heterocycles. The minimum Gasteiger partial charge on any atom is -0.493 e. The molecule has 21 heavy (non-hydrogen) atoms. The lowest BCUT2D eigenvalue weighted by Crippen LogP contribution is -2.13. The van der Waals surface area contributed by atoms with Crippen LogP contribution in [-0.4, -0.2) is 23.8 Å². The molecule has 1 heterocycles. The summed E-state index contributed by atoms with van der Waals surface area (Å²) in [5.41, 5.74) is 0.996. The highest BCUT2D eigenvalue weighted by atomic mass is 16.5. The van der Waals surface area contributed by atoms with Gasteiger partial charge in [-0.05, 0) is 31.0 Å². The normalized spacial score (nSPS) is 10.8. The van der Waals surface area contributed by atoms with E-state index in [9.17, 15) is 4.79 Å². The lowest BCUT2D eigenvalue weighted by atomic mass is 10.2. The first-order valence-electron chi connectivity index (χ1n) is 7.62. The number of nitrogens with zero attached hydrogens (tertiary/aromatic N) is 1. The largest absolute Gasteiger partial charge is 0.493 e. The zero-order valence-corrected chi connectivity index (χ0v) is 12.8. The van der Waals surface area contributed by atoms with Crippen molar-refractivity contribution in [1.82, 2.24) is 4.57 Å². The quantitative estimate of drug-likeness (QED) is 0.548. The number of carbonyl (C=O) groups is 1. The molecule has 1 aromatic heterocycles. The second kappa shape index (κ2) is 7.72. The van der Waals surface area contributed by atoms with Crippen LogP contribution >= 0.6 is 0 Å². The van der Waals surface area contributed by atoms with Crippen molar-refractivity contribution in [1.29, 1.82) is 0 Å². The van der Waals surface area contributed by atoms with Crippen LogP contribution in [0.5, 0.6) is 5.75 Å². The summed E-state index contributed by atoms with van der Waals surface area (Å²) >= 11 is 0. The average molecular weight is 289 g/mol. The number of hydrogen-bond donors (Lipinski definition) is 0. The van der Waals surface area contributed by atoms with E-state index in [1.807, 2.05) is 35.0 Å². The minimum absolute atomic E-state index is 0.194. The molecule has 0 atom stereocenters. The van der Waals surface area contributed by atoms with Crippen LogP contribution in [0.2, 0.25) is 0 Å². The molecular formula is C17H23NO3. The highest BCUT2D eigenvalue weighted by Crippen LogP contribution is 2.26. The Morgan fingerprint density at radius 3 is 2.76 bits per heavy atom. The Morgan fingerprint density at radius 2 is 2.00 bits per heavy atom. The van der Waals surface area contributed by atoms with E-state index in [1.54, 1.807) is 0 Å². The number of unbranched alkanes of at least 4 members (excludes halogenated alkanes) is 1. The first kappa shape index (κ1) is 15.4. The van der Waals surface area contributed by atoms with Gasteiger partial charge in [0.15, 0.2) is 0 Å². The summed E-state index contributed by atoms with van der Waals surface area (Å²) in [6, 6.07) is 7.89. The topological polar surface area (TPSA) is 40.5 Å². The molecule has 0 fully saturated rings. The number of aromatic nitrogens is 1. The van der Waals surface area contributed by atoms with Crippen molar-refractivity contribution in [2.24, 2.45) is 0 Å². The third-order valence-electron chi connectivity index (χ3n) is 3.30. The summed E-state index contributed by atoms with van der Waals surface area (Å²) in [6.07, 6.45) is 4.82. The average Bonchev–Trinajstić information content (AvgIpc) is 2.89. The molecule has 0 radical (unpaired) electrons. The number of ether oxygens (including phenoxy) is 2. The summed E-state index contributed by atoms with van der Waals surface area (Å²) in [7, 11) is 0. The zero-order chi connectivity index (χ0) is 15.1. The van der Waals surface area contributed by atoms with Gasteiger partial charge in [0.1, 0.15) is 12.3 Å². The molecule has 0 aliphatic carbocycles. The fraction of sp³-hybridized carbons (Fsp3) is 0.471. The molecule has 0 amide bonds. The van der Waals surface area contributed by atoms with Gasteiger partial charge in [-0.25, -0.2) is 0 Å². The molecule has 0 aliphatic heterocycles. The SMILES string of the molecule is CCCCOC(=O)Cn1ccc2c(OCCC)cccc21. The van der Waals surface area contributed by atoms with Crippen LogP contribution in [0.4, 0.5) is 0 Å². The van der Waals surface area contributed by atoms with Crippen LogP contribution in [0, 0.1) is 0 Å². The highest BCUT2D eigenvalue weighted by Gasteiger charge is 2.10. The molecule has 4 nitrogen and oxygen atoms in total. The fourth-order valence-electron chi connectivity index (χ4n) is 2.19. The van der Waals surface area contributed by atoms with Crippen molar-refractivity contribution in [2.75, 3.05) is 13.2 Å². The number of hydrogen-bond acceptors (Lipinski definition) is 3. The Balaban J connectivity index is 2.09. The molecule has 0 spiro atoms. The van der Waals surface area contributed by atoms with Crippen LogP contribution in [0.3, 0.4) is 0 Å². The van der Waals surface area contributed by atoms with Crippen molar-refractivity contribution >= 4 is 16.9 Å². The third-order valence-corrected chi connectivity index (χ3v) is 3.30. The maximum absolute atomic E-state index is 11.8.